The van der Waals surface area contributed by atoms with E-state index in [1.807, 2.05) is 6.07 Å². The Balaban J connectivity index is 2.06. The van der Waals surface area contributed by atoms with Crippen molar-refractivity contribution in [2.75, 3.05) is 13.1 Å². The van der Waals surface area contributed by atoms with E-state index in [4.69, 9.17) is 18.0 Å². The van der Waals surface area contributed by atoms with Gasteiger partial charge in [-0.1, -0.05) is 37.2 Å². The first-order valence-corrected chi connectivity index (χ1v) is 7.19. The minimum Gasteiger partial charge on any atom is -0.389 e. The Bertz CT molecular complexity index is 421. The first-order chi connectivity index (χ1) is 8.66. The summed E-state index contributed by atoms with van der Waals surface area (Å²) in [6.45, 7) is 5.67. The second-order valence-electron chi connectivity index (χ2n) is 5.20. The van der Waals surface area contributed by atoms with Crippen molar-refractivity contribution in [1.29, 1.82) is 0 Å². The SMILES string of the molecule is Cc1cc(C(N)=S)ccc1CN1CCCCCC1. The van der Waals surface area contributed by atoms with Gasteiger partial charge in [0.15, 0.2) is 0 Å². The summed E-state index contributed by atoms with van der Waals surface area (Å²) in [5, 5.41) is 0. The lowest BCUT2D eigenvalue weighted by Gasteiger charge is -2.21. The fraction of sp³-hybridized carbons (Fsp3) is 0.533. The summed E-state index contributed by atoms with van der Waals surface area (Å²) in [6, 6.07) is 6.33. The van der Waals surface area contributed by atoms with Gasteiger partial charge in [0, 0.05) is 12.1 Å². The molecule has 0 atom stereocenters. The lowest BCUT2D eigenvalue weighted by molar-refractivity contribution is 0.276. The molecule has 2 N–H and O–H groups in total. The van der Waals surface area contributed by atoms with Crippen LogP contribution in [0.2, 0.25) is 0 Å². The van der Waals surface area contributed by atoms with Gasteiger partial charge in [-0.2, -0.15) is 0 Å². The molecule has 98 valence electrons. The molecule has 2 rings (SSSR count). The van der Waals surface area contributed by atoms with Crippen LogP contribution in [0.1, 0.15) is 42.4 Å². The summed E-state index contributed by atoms with van der Waals surface area (Å²) in [6.07, 6.45) is 5.44. The summed E-state index contributed by atoms with van der Waals surface area (Å²) in [7, 11) is 0. The van der Waals surface area contributed by atoms with Crippen LogP contribution in [-0.2, 0) is 6.54 Å². The monoisotopic (exact) mass is 262 g/mol. The molecule has 0 aliphatic carbocycles. The molecule has 0 spiro atoms. The van der Waals surface area contributed by atoms with Crippen molar-refractivity contribution >= 4 is 17.2 Å². The molecule has 1 aromatic rings. The Morgan fingerprint density at radius 2 is 1.89 bits per heavy atom. The number of hydrogen-bond acceptors (Lipinski definition) is 2. The van der Waals surface area contributed by atoms with Gasteiger partial charge in [-0.25, -0.2) is 0 Å². The molecule has 0 unspecified atom stereocenters. The van der Waals surface area contributed by atoms with E-state index in [1.165, 1.54) is 49.9 Å². The molecule has 3 heteroatoms. The summed E-state index contributed by atoms with van der Waals surface area (Å²) in [5.41, 5.74) is 9.33. The van der Waals surface area contributed by atoms with E-state index in [-0.39, 0.29) is 0 Å². The molecule has 0 bridgehead atoms. The number of aryl methyl sites for hydroxylation is 1. The van der Waals surface area contributed by atoms with Crippen molar-refractivity contribution in [3.05, 3.63) is 34.9 Å². The molecule has 1 aromatic carbocycles. The molecule has 18 heavy (non-hydrogen) atoms. The van der Waals surface area contributed by atoms with Crippen molar-refractivity contribution in [2.45, 2.75) is 39.2 Å². The largest absolute Gasteiger partial charge is 0.389 e. The maximum atomic E-state index is 5.66. The van der Waals surface area contributed by atoms with Gasteiger partial charge in [-0.3, -0.25) is 4.90 Å². The molecule has 0 saturated carbocycles. The molecule has 2 nitrogen and oxygen atoms in total. The van der Waals surface area contributed by atoms with Crippen molar-refractivity contribution in [2.24, 2.45) is 5.73 Å². The highest BCUT2D eigenvalue weighted by atomic mass is 32.1. The van der Waals surface area contributed by atoms with Crippen molar-refractivity contribution in [3.63, 3.8) is 0 Å². The first kappa shape index (κ1) is 13.5. The third-order valence-electron chi connectivity index (χ3n) is 3.72. The standard InChI is InChI=1S/C15H22N2S/c1-12-10-13(15(16)18)6-7-14(12)11-17-8-4-2-3-5-9-17/h6-7,10H,2-5,8-9,11H2,1H3,(H2,16,18). The quantitative estimate of drug-likeness (QED) is 0.849. The number of nitrogens with zero attached hydrogens (tertiary/aromatic N) is 1. The fourth-order valence-corrected chi connectivity index (χ4v) is 2.69. The van der Waals surface area contributed by atoms with Crippen molar-refractivity contribution < 1.29 is 0 Å². The van der Waals surface area contributed by atoms with Gasteiger partial charge >= 0.3 is 0 Å². The molecule has 1 heterocycles. The Kier molecular flexibility index (Phi) is 4.72. The Labute approximate surface area is 115 Å². The number of thiocarbonyl (C=S) groups is 1. The molecule has 1 saturated heterocycles. The van der Waals surface area contributed by atoms with Crippen LogP contribution in [0.15, 0.2) is 18.2 Å². The van der Waals surface area contributed by atoms with E-state index in [0.717, 1.165) is 12.1 Å². The number of nitrogens with two attached hydrogens (primary N) is 1. The first-order valence-electron chi connectivity index (χ1n) is 6.78. The second-order valence-corrected chi connectivity index (χ2v) is 5.64. The maximum absolute atomic E-state index is 5.66. The zero-order valence-corrected chi connectivity index (χ0v) is 11.9. The topological polar surface area (TPSA) is 29.3 Å². The molecule has 0 amide bonds. The van der Waals surface area contributed by atoms with Gasteiger partial charge in [0.05, 0.1) is 0 Å². The smallest absolute Gasteiger partial charge is 0.103 e. The summed E-state index contributed by atoms with van der Waals surface area (Å²) < 4.78 is 0. The Morgan fingerprint density at radius 1 is 1.22 bits per heavy atom. The minimum atomic E-state index is 0.486. The zero-order valence-electron chi connectivity index (χ0n) is 11.1. The number of likely N-dealkylation sites (tertiary alicyclic amines) is 1. The van der Waals surface area contributed by atoms with Crippen LogP contribution in [0.5, 0.6) is 0 Å². The zero-order chi connectivity index (χ0) is 13.0. The van der Waals surface area contributed by atoms with Crippen LogP contribution in [0.4, 0.5) is 0 Å². The van der Waals surface area contributed by atoms with Gasteiger partial charge in [0.25, 0.3) is 0 Å². The summed E-state index contributed by atoms with van der Waals surface area (Å²) in [4.78, 5) is 3.05. The van der Waals surface area contributed by atoms with Gasteiger partial charge < -0.3 is 5.73 Å². The molecular formula is C15H22N2S. The van der Waals surface area contributed by atoms with Gasteiger partial charge in [0.2, 0.25) is 0 Å². The molecule has 1 aliphatic heterocycles. The normalized spacial score (nSPS) is 17.4. The highest BCUT2D eigenvalue weighted by molar-refractivity contribution is 7.80. The average molecular weight is 262 g/mol. The molecular weight excluding hydrogens is 240 g/mol. The Hall–Kier alpha value is -0.930. The van der Waals surface area contributed by atoms with Crippen molar-refractivity contribution in [3.8, 4) is 0 Å². The van der Waals surface area contributed by atoms with E-state index in [1.54, 1.807) is 0 Å². The summed E-state index contributed by atoms with van der Waals surface area (Å²) >= 11 is 5.01. The maximum Gasteiger partial charge on any atom is 0.103 e. The average Bonchev–Trinajstić information content (AvgIpc) is 2.60. The van der Waals surface area contributed by atoms with Crippen LogP contribution >= 0.6 is 12.2 Å². The minimum absolute atomic E-state index is 0.486. The number of rotatable bonds is 3. The van der Waals surface area contributed by atoms with E-state index in [9.17, 15) is 0 Å². The molecule has 1 fully saturated rings. The predicted molar refractivity (Wildman–Crippen MR) is 80.8 cm³/mol. The van der Waals surface area contributed by atoms with Crippen LogP contribution in [0.25, 0.3) is 0 Å². The second kappa shape index (κ2) is 6.30. The van der Waals surface area contributed by atoms with Crippen molar-refractivity contribution in [1.82, 2.24) is 4.90 Å². The molecule has 0 aromatic heterocycles. The molecule has 1 aliphatic rings. The third-order valence-corrected chi connectivity index (χ3v) is 3.96. The highest BCUT2D eigenvalue weighted by Crippen LogP contribution is 2.17. The van der Waals surface area contributed by atoms with Crippen LogP contribution < -0.4 is 5.73 Å². The van der Waals surface area contributed by atoms with Crippen LogP contribution in [0, 0.1) is 6.92 Å². The van der Waals surface area contributed by atoms with Gasteiger partial charge in [0.1, 0.15) is 4.99 Å². The van der Waals surface area contributed by atoms with E-state index in [2.05, 4.69) is 24.0 Å². The van der Waals surface area contributed by atoms with Gasteiger partial charge in [-0.15, -0.1) is 0 Å². The lowest BCUT2D eigenvalue weighted by atomic mass is 10.0. The van der Waals surface area contributed by atoms with Gasteiger partial charge in [-0.05, 0) is 50.0 Å². The highest BCUT2D eigenvalue weighted by Gasteiger charge is 2.11. The fourth-order valence-electron chi connectivity index (χ4n) is 2.56. The van der Waals surface area contributed by atoms with Crippen LogP contribution in [0.3, 0.4) is 0 Å². The number of benzene rings is 1. The van der Waals surface area contributed by atoms with E-state index < -0.39 is 0 Å². The molecule has 0 radical (unpaired) electrons. The predicted octanol–water partition coefficient (Wildman–Crippen LogP) is 3.01. The number of hydrogen-bond donors (Lipinski definition) is 1. The van der Waals surface area contributed by atoms with E-state index in [0.29, 0.717) is 4.99 Å². The van der Waals surface area contributed by atoms with E-state index >= 15 is 0 Å². The third kappa shape index (κ3) is 3.53. The lowest BCUT2D eigenvalue weighted by Crippen LogP contribution is -2.24. The van der Waals surface area contributed by atoms with Crippen LogP contribution in [-0.4, -0.2) is 23.0 Å². The Morgan fingerprint density at radius 3 is 2.44 bits per heavy atom. The summed E-state index contributed by atoms with van der Waals surface area (Å²) in [5.74, 6) is 0.